The maximum atomic E-state index is 3.86. The summed E-state index contributed by atoms with van der Waals surface area (Å²) in [7, 11) is 0. The molecule has 0 bridgehead atoms. The van der Waals surface area contributed by atoms with Crippen LogP contribution in [0.3, 0.4) is 0 Å². The Bertz CT molecular complexity index is 1130. The Hall–Kier alpha value is -3.16. The van der Waals surface area contributed by atoms with E-state index in [-0.39, 0.29) is 0 Å². The normalized spacial score (nSPS) is 10.7. The van der Waals surface area contributed by atoms with Crippen LogP contribution in [-0.2, 0) is 6.42 Å². The Morgan fingerprint density at radius 2 is 1.35 bits per heavy atom. The van der Waals surface area contributed by atoms with Gasteiger partial charge in [0.15, 0.2) is 0 Å². The van der Waals surface area contributed by atoms with Gasteiger partial charge in [0.1, 0.15) is 0 Å². The number of nitrogens with zero attached hydrogens (tertiary/aromatic N) is 1. The van der Waals surface area contributed by atoms with Crippen LogP contribution in [-0.4, -0.2) is 24.5 Å². The Morgan fingerprint density at radius 1 is 0.710 bits per heavy atom. The Morgan fingerprint density at radius 3 is 1.97 bits per heavy atom. The molecule has 0 saturated heterocycles. The summed E-state index contributed by atoms with van der Waals surface area (Å²) in [5.41, 5.74) is 3.80. The molecule has 0 unspecified atom stereocenters. The van der Waals surface area contributed by atoms with Crippen LogP contribution in [0.1, 0.15) is 30.5 Å². The summed E-state index contributed by atoms with van der Waals surface area (Å²) in [5.74, 6) is 0. The Balaban J connectivity index is 0.000000176. The molecule has 4 aromatic carbocycles. The van der Waals surface area contributed by atoms with Crippen molar-refractivity contribution < 1.29 is 0 Å². The Labute approximate surface area is 187 Å². The van der Waals surface area contributed by atoms with Gasteiger partial charge in [0, 0.05) is 6.54 Å². The van der Waals surface area contributed by atoms with Crippen molar-refractivity contribution in [1.82, 2.24) is 4.90 Å². The molecule has 31 heavy (non-hydrogen) atoms. The average molecular weight is 408 g/mol. The van der Waals surface area contributed by atoms with E-state index in [0.29, 0.717) is 0 Å². The molecular formula is C30H33N. The van der Waals surface area contributed by atoms with Crippen LogP contribution in [0.4, 0.5) is 0 Å². The summed E-state index contributed by atoms with van der Waals surface area (Å²) in [6.07, 6.45) is 4.93. The molecule has 0 aliphatic heterocycles. The number of benzene rings is 4. The quantitative estimate of drug-likeness (QED) is 0.282. The van der Waals surface area contributed by atoms with Gasteiger partial charge in [-0.3, -0.25) is 0 Å². The van der Waals surface area contributed by atoms with E-state index in [1.54, 1.807) is 0 Å². The van der Waals surface area contributed by atoms with E-state index in [2.05, 4.69) is 111 Å². The summed E-state index contributed by atoms with van der Waals surface area (Å²) in [6.45, 7) is 15.5. The standard InChI is InChI=1S/C16H12.C14H21N/c1-2-12-8-5-9-15-10-13-6-3-4-7-14(13)11-16(12)15;1-4-13-7-9-14(10-8-13)11-12-15(5-2)6-3/h2-11H,1H2;4,7-10H,1,5-6,11-12H2,2-3H3. The van der Waals surface area contributed by atoms with E-state index >= 15 is 0 Å². The minimum Gasteiger partial charge on any atom is -0.304 e. The predicted molar refractivity (Wildman–Crippen MR) is 140 cm³/mol. The molecule has 4 rings (SSSR count). The molecule has 0 radical (unpaired) electrons. The third kappa shape index (κ3) is 5.93. The predicted octanol–water partition coefficient (Wildman–Crippen LogP) is 7.85. The van der Waals surface area contributed by atoms with Gasteiger partial charge in [-0.05, 0) is 69.9 Å². The van der Waals surface area contributed by atoms with Gasteiger partial charge in [-0.15, -0.1) is 0 Å². The average Bonchev–Trinajstić information content (AvgIpc) is 2.83. The van der Waals surface area contributed by atoms with Gasteiger partial charge >= 0.3 is 0 Å². The smallest absolute Gasteiger partial charge is 0.00216 e. The van der Waals surface area contributed by atoms with Gasteiger partial charge in [-0.2, -0.15) is 0 Å². The highest BCUT2D eigenvalue weighted by Gasteiger charge is 2.00. The lowest BCUT2D eigenvalue weighted by Gasteiger charge is -2.17. The van der Waals surface area contributed by atoms with Crippen molar-refractivity contribution in [3.63, 3.8) is 0 Å². The maximum absolute atomic E-state index is 3.86. The van der Waals surface area contributed by atoms with Crippen molar-refractivity contribution in [1.29, 1.82) is 0 Å². The molecule has 0 fully saturated rings. The second-order valence-corrected chi connectivity index (χ2v) is 7.69. The minimum atomic E-state index is 1.14. The molecular weight excluding hydrogens is 374 g/mol. The number of hydrogen-bond acceptors (Lipinski definition) is 1. The van der Waals surface area contributed by atoms with Crippen molar-refractivity contribution >= 4 is 33.7 Å². The second kappa shape index (κ2) is 11.3. The number of rotatable bonds is 7. The molecule has 4 aromatic rings. The zero-order valence-corrected chi connectivity index (χ0v) is 18.9. The van der Waals surface area contributed by atoms with Crippen LogP contribution in [0, 0.1) is 0 Å². The monoisotopic (exact) mass is 407 g/mol. The summed E-state index contributed by atoms with van der Waals surface area (Å²) >= 11 is 0. The molecule has 0 heterocycles. The van der Waals surface area contributed by atoms with Gasteiger partial charge in [0.25, 0.3) is 0 Å². The lowest BCUT2D eigenvalue weighted by molar-refractivity contribution is 0.308. The lowest BCUT2D eigenvalue weighted by atomic mass is 10.00. The first-order valence-corrected chi connectivity index (χ1v) is 11.2. The molecule has 0 spiro atoms. The van der Waals surface area contributed by atoms with Crippen LogP contribution in [0.5, 0.6) is 0 Å². The number of hydrogen-bond donors (Lipinski definition) is 0. The van der Waals surface area contributed by atoms with Crippen LogP contribution < -0.4 is 0 Å². The van der Waals surface area contributed by atoms with Crippen LogP contribution in [0.15, 0.2) is 92.0 Å². The maximum Gasteiger partial charge on any atom is 0.00216 e. The molecule has 158 valence electrons. The van der Waals surface area contributed by atoms with Crippen molar-refractivity contribution in [3.8, 4) is 0 Å². The van der Waals surface area contributed by atoms with Gasteiger partial charge < -0.3 is 4.90 Å². The molecule has 1 heteroatoms. The zero-order valence-electron chi connectivity index (χ0n) is 18.9. The summed E-state index contributed by atoms with van der Waals surface area (Å²) in [6, 6.07) is 27.9. The molecule has 0 amide bonds. The highest BCUT2D eigenvalue weighted by atomic mass is 15.1. The molecule has 1 nitrogen and oxygen atoms in total. The van der Waals surface area contributed by atoms with E-state index in [1.165, 1.54) is 38.2 Å². The lowest BCUT2D eigenvalue weighted by Crippen LogP contribution is -2.25. The largest absolute Gasteiger partial charge is 0.304 e. The van der Waals surface area contributed by atoms with Crippen molar-refractivity contribution in [3.05, 3.63) is 109 Å². The Kier molecular flexibility index (Phi) is 8.20. The van der Waals surface area contributed by atoms with E-state index in [9.17, 15) is 0 Å². The van der Waals surface area contributed by atoms with Crippen LogP contribution in [0.2, 0.25) is 0 Å². The highest BCUT2D eigenvalue weighted by Crippen LogP contribution is 2.25. The van der Waals surface area contributed by atoms with Crippen molar-refractivity contribution in [2.45, 2.75) is 20.3 Å². The first kappa shape index (κ1) is 22.5. The van der Waals surface area contributed by atoms with E-state index in [4.69, 9.17) is 0 Å². The third-order valence-electron chi connectivity index (χ3n) is 5.83. The van der Waals surface area contributed by atoms with Crippen molar-refractivity contribution in [2.24, 2.45) is 0 Å². The summed E-state index contributed by atoms with van der Waals surface area (Å²) in [4.78, 5) is 2.45. The molecule has 0 aliphatic rings. The van der Waals surface area contributed by atoms with E-state index < -0.39 is 0 Å². The molecule has 0 aliphatic carbocycles. The SMILES string of the molecule is C=Cc1ccc(CCN(CC)CC)cc1.C=Cc1cccc2cc3ccccc3cc12. The highest BCUT2D eigenvalue weighted by molar-refractivity contribution is 6.01. The van der Waals surface area contributed by atoms with E-state index in [0.717, 1.165) is 26.1 Å². The molecule has 0 N–H and O–H groups in total. The summed E-state index contributed by atoms with van der Waals surface area (Å²) < 4.78 is 0. The van der Waals surface area contributed by atoms with Crippen molar-refractivity contribution in [2.75, 3.05) is 19.6 Å². The summed E-state index contributed by atoms with van der Waals surface area (Å²) in [5, 5.41) is 5.12. The third-order valence-corrected chi connectivity index (χ3v) is 5.83. The minimum absolute atomic E-state index is 1.14. The molecule has 0 saturated carbocycles. The van der Waals surface area contributed by atoms with Crippen LogP contribution >= 0.6 is 0 Å². The topological polar surface area (TPSA) is 3.24 Å². The van der Waals surface area contributed by atoms with Gasteiger partial charge in [-0.1, -0.05) is 106 Å². The van der Waals surface area contributed by atoms with E-state index in [1.807, 2.05) is 12.2 Å². The first-order valence-electron chi connectivity index (χ1n) is 11.2. The molecule has 0 atom stereocenters. The number of likely N-dealkylation sites (N-methyl/N-ethyl adjacent to an activating group) is 1. The second-order valence-electron chi connectivity index (χ2n) is 7.69. The van der Waals surface area contributed by atoms with Crippen LogP contribution in [0.25, 0.3) is 33.7 Å². The first-order chi connectivity index (χ1) is 15.2. The zero-order chi connectivity index (χ0) is 22.1. The fourth-order valence-corrected chi connectivity index (χ4v) is 3.82. The fraction of sp³-hybridized carbons (Fsp3) is 0.200. The number of fused-ring (bicyclic) bond motifs is 2. The molecule has 0 aromatic heterocycles. The van der Waals surface area contributed by atoms with Gasteiger partial charge in [0.2, 0.25) is 0 Å². The fourth-order valence-electron chi connectivity index (χ4n) is 3.82. The van der Waals surface area contributed by atoms with Gasteiger partial charge in [-0.25, -0.2) is 0 Å². The van der Waals surface area contributed by atoms with Gasteiger partial charge in [0.05, 0.1) is 0 Å².